The molecule has 1 aromatic carbocycles. The summed E-state index contributed by atoms with van der Waals surface area (Å²) in [6.45, 7) is 16.9. The smallest absolute Gasteiger partial charge is 0.325 e. The molecule has 1 aromatic rings. The second-order valence-electron chi connectivity index (χ2n) is 10.5. The van der Waals surface area contributed by atoms with Crippen molar-refractivity contribution in [2.45, 2.75) is 77.5 Å². The number of fused-ring (bicyclic) bond motifs is 1. The lowest BCUT2D eigenvalue weighted by molar-refractivity contribution is 0.0738. The molecule has 5 nitrogen and oxygen atoms in total. The summed E-state index contributed by atoms with van der Waals surface area (Å²) in [5, 5.41) is 0.191. The van der Waals surface area contributed by atoms with Crippen LogP contribution in [0.4, 0.5) is 10.5 Å². The van der Waals surface area contributed by atoms with Crippen molar-refractivity contribution in [3.05, 3.63) is 42.0 Å². The van der Waals surface area contributed by atoms with E-state index >= 15 is 0 Å². The third kappa shape index (κ3) is 4.36. The Morgan fingerprint density at radius 3 is 2.27 bits per heavy atom. The third-order valence-corrected chi connectivity index (χ3v) is 11.2. The summed E-state index contributed by atoms with van der Waals surface area (Å²) < 4.78 is 12.0. The summed E-state index contributed by atoms with van der Waals surface area (Å²) in [6, 6.07) is 8.38. The van der Waals surface area contributed by atoms with Crippen molar-refractivity contribution < 1.29 is 14.0 Å². The number of urea groups is 1. The Labute approximate surface area is 183 Å². The SMILES string of the molecule is CO[C@@H]1C=CC2C1N(CC(C)C)C(=O)N2c1ccc(CO[Si](C)(C)C(C)(C)C)cc1. The molecule has 2 amide bonds. The Hall–Kier alpha value is -1.63. The molecule has 3 rings (SSSR count). The van der Waals surface area contributed by atoms with E-state index in [9.17, 15) is 4.79 Å². The highest BCUT2D eigenvalue weighted by Gasteiger charge is 2.51. The predicted molar refractivity (Wildman–Crippen MR) is 125 cm³/mol. The summed E-state index contributed by atoms with van der Waals surface area (Å²) in [5.74, 6) is 0.405. The van der Waals surface area contributed by atoms with Gasteiger partial charge in [0.15, 0.2) is 8.32 Å². The van der Waals surface area contributed by atoms with Crippen LogP contribution in [0.2, 0.25) is 18.1 Å². The molecule has 0 aromatic heterocycles. The first kappa shape index (κ1) is 23.0. The quantitative estimate of drug-likeness (QED) is 0.428. The van der Waals surface area contributed by atoms with Crippen LogP contribution in [0.5, 0.6) is 0 Å². The molecule has 166 valence electrons. The van der Waals surface area contributed by atoms with E-state index in [1.807, 2.05) is 21.9 Å². The van der Waals surface area contributed by atoms with Crippen molar-refractivity contribution in [2.24, 2.45) is 5.92 Å². The van der Waals surface area contributed by atoms with Crippen LogP contribution in [0, 0.1) is 5.92 Å². The summed E-state index contributed by atoms with van der Waals surface area (Å²) in [6.07, 6.45) is 4.15. The largest absolute Gasteiger partial charge is 0.413 e. The van der Waals surface area contributed by atoms with Gasteiger partial charge in [0, 0.05) is 19.3 Å². The van der Waals surface area contributed by atoms with E-state index < -0.39 is 8.32 Å². The Kier molecular flexibility index (Phi) is 6.51. The zero-order chi connectivity index (χ0) is 22.3. The van der Waals surface area contributed by atoms with Crippen LogP contribution in [0.25, 0.3) is 0 Å². The zero-order valence-electron chi connectivity index (χ0n) is 19.8. The van der Waals surface area contributed by atoms with Gasteiger partial charge in [-0.1, -0.05) is 58.9 Å². The van der Waals surface area contributed by atoms with Crippen molar-refractivity contribution in [2.75, 3.05) is 18.6 Å². The molecule has 3 atom stereocenters. The summed E-state index contributed by atoms with van der Waals surface area (Å²) in [7, 11) is -0.0690. The standard InChI is InChI=1S/C24H38N2O3Si/c1-17(2)15-25-22-20(13-14-21(22)28-6)26(23(25)27)19-11-9-18(10-12-19)16-29-30(7,8)24(3,4)5/h9-14,17,20-22H,15-16H2,1-8H3/t20?,21-,22?/m1/s1. The first-order chi connectivity index (χ1) is 14.0. The van der Waals surface area contributed by atoms with E-state index in [1.165, 1.54) is 0 Å². The van der Waals surface area contributed by atoms with Gasteiger partial charge in [0.25, 0.3) is 0 Å². The van der Waals surface area contributed by atoms with Gasteiger partial charge in [-0.25, -0.2) is 4.79 Å². The number of rotatable bonds is 7. The molecule has 2 unspecified atom stereocenters. The number of amides is 2. The van der Waals surface area contributed by atoms with Crippen LogP contribution in [0.1, 0.15) is 40.2 Å². The van der Waals surface area contributed by atoms with Crippen LogP contribution in [-0.4, -0.2) is 51.1 Å². The first-order valence-corrected chi connectivity index (χ1v) is 13.9. The van der Waals surface area contributed by atoms with Crippen molar-refractivity contribution >= 4 is 20.0 Å². The molecule has 1 heterocycles. The molecule has 0 saturated carbocycles. The van der Waals surface area contributed by atoms with Crippen LogP contribution >= 0.6 is 0 Å². The average molecular weight is 431 g/mol. The fraction of sp³-hybridized carbons (Fsp3) is 0.625. The maximum absolute atomic E-state index is 13.3. The number of carbonyl (C=O) groups excluding carboxylic acids is 1. The summed E-state index contributed by atoms with van der Waals surface area (Å²) >= 11 is 0. The Morgan fingerprint density at radius 2 is 1.73 bits per heavy atom. The number of benzene rings is 1. The molecule has 0 spiro atoms. The summed E-state index contributed by atoms with van der Waals surface area (Å²) in [5.41, 5.74) is 2.07. The fourth-order valence-electron chi connectivity index (χ4n) is 3.97. The molecule has 0 bridgehead atoms. The highest BCUT2D eigenvalue weighted by atomic mass is 28.4. The zero-order valence-corrected chi connectivity index (χ0v) is 20.8. The molecular formula is C24H38N2O3Si. The van der Waals surface area contributed by atoms with E-state index in [-0.39, 0.29) is 29.3 Å². The normalized spacial score (nSPS) is 24.3. The highest BCUT2D eigenvalue weighted by molar-refractivity contribution is 6.74. The number of carbonyl (C=O) groups is 1. The van der Waals surface area contributed by atoms with Crippen LogP contribution in [0.15, 0.2) is 36.4 Å². The second kappa shape index (κ2) is 8.48. The number of hydrogen-bond donors (Lipinski definition) is 0. The van der Waals surface area contributed by atoms with Gasteiger partial charge in [0.1, 0.15) is 0 Å². The van der Waals surface area contributed by atoms with Gasteiger partial charge in [-0.15, -0.1) is 0 Å². The molecule has 6 heteroatoms. The molecule has 2 aliphatic rings. The number of anilines is 1. The lowest BCUT2D eigenvalue weighted by Crippen LogP contribution is -2.44. The third-order valence-electron chi connectivity index (χ3n) is 6.75. The molecule has 0 radical (unpaired) electrons. The number of methoxy groups -OCH3 is 1. The molecule has 1 saturated heterocycles. The maximum atomic E-state index is 13.3. The molecule has 0 N–H and O–H groups in total. The van der Waals surface area contributed by atoms with E-state index in [0.717, 1.165) is 17.8 Å². The van der Waals surface area contributed by atoms with Gasteiger partial charge in [0.05, 0.1) is 24.8 Å². The minimum Gasteiger partial charge on any atom is -0.413 e. The Bertz CT molecular complexity index is 783. The van der Waals surface area contributed by atoms with Crippen molar-refractivity contribution in [1.82, 2.24) is 4.90 Å². The highest BCUT2D eigenvalue weighted by Crippen LogP contribution is 2.38. The first-order valence-electron chi connectivity index (χ1n) is 11.0. The minimum atomic E-state index is -1.79. The number of ether oxygens (including phenoxy) is 1. The monoisotopic (exact) mass is 430 g/mol. The van der Waals surface area contributed by atoms with Crippen LogP contribution in [0.3, 0.4) is 0 Å². The second-order valence-corrected chi connectivity index (χ2v) is 15.3. The van der Waals surface area contributed by atoms with E-state index in [2.05, 4.69) is 72.0 Å². The number of nitrogens with zero attached hydrogens (tertiary/aromatic N) is 2. The van der Waals surface area contributed by atoms with Gasteiger partial charge in [-0.05, 0) is 41.7 Å². The van der Waals surface area contributed by atoms with Gasteiger partial charge in [0.2, 0.25) is 0 Å². The van der Waals surface area contributed by atoms with Gasteiger partial charge in [-0.2, -0.15) is 0 Å². The van der Waals surface area contributed by atoms with Crippen LogP contribution < -0.4 is 4.90 Å². The van der Waals surface area contributed by atoms with Gasteiger partial charge in [-0.3, -0.25) is 4.90 Å². The van der Waals surface area contributed by atoms with Crippen LogP contribution in [-0.2, 0) is 15.8 Å². The van der Waals surface area contributed by atoms with Gasteiger partial charge >= 0.3 is 6.03 Å². The molecule has 1 fully saturated rings. The van der Waals surface area contributed by atoms with Crippen molar-refractivity contribution in [3.8, 4) is 0 Å². The van der Waals surface area contributed by atoms with E-state index in [1.54, 1.807) is 7.11 Å². The Morgan fingerprint density at radius 1 is 1.10 bits per heavy atom. The molecule has 1 aliphatic heterocycles. The topological polar surface area (TPSA) is 42.0 Å². The van der Waals surface area contributed by atoms with Crippen molar-refractivity contribution in [3.63, 3.8) is 0 Å². The fourth-order valence-corrected chi connectivity index (χ4v) is 4.93. The molecule has 30 heavy (non-hydrogen) atoms. The predicted octanol–water partition coefficient (Wildman–Crippen LogP) is 5.43. The number of hydrogen-bond acceptors (Lipinski definition) is 3. The molecule has 1 aliphatic carbocycles. The summed E-state index contributed by atoms with van der Waals surface area (Å²) in [4.78, 5) is 17.2. The molecular weight excluding hydrogens is 392 g/mol. The maximum Gasteiger partial charge on any atom is 0.325 e. The van der Waals surface area contributed by atoms with Crippen molar-refractivity contribution in [1.29, 1.82) is 0 Å². The Balaban J connectivity index is 1.77. The van der Waals surface area contributed by atoms with E-state index in [0.29, 0.717) is 12.5 Å². The lowest BCUT2D eigenvalue weighted by atomic mass is 10.1. The minimum absolute atomic E-state index is 0.00975. The van der Waals surface area contributed by atoms with Gasteiger partial charge < -0.3 is 14.1 Å². The lowest BCUT2D eigenvalue weighted by Gasteiger charge is -2.36. The average Bonchev–Trinajstić information content (AvgIpc) is 3.18. The van der Waals surface area contributed by atoms with E-state index in [4.69, 9.17) is 9.16 Å².